The second kappa shape index (κ2) is 8.80. The number of fused-ring (bicyclic) bond motifs is 1. The van der Waals surface area contributed by atoms with E-state index < -0.39 is 6.03 Å². The lowest BCUT2D eigenvalue weighted by Gasteiger charge is -2.10. The number of urea groups is 1. The third-order valence-corrected chi connectivity index (χ3v) is 4.16. The zero-order valence-electron chi connectivity index (χ0n) is 14.7. The van der Waals surface area contributed by atoms with Crippen LogP contribution in [0.4, 0.5) is 9.18 Å². The van der Waals surface area contributed by atoms with Gasteiger partial charge in [0.05, 0.1) is 6.42 Å². The average molecular weight is 365 g/mol. The minimum Gasteiger partial charge on any atom is -0.336 e. The summed E-state index contributed by atoms with van der Waals surface area (Å²) in [4.78, 5) is 23.9. The van der Waals surface area contributed by atoms with Gasteiger partial charge in [-0.25, -0.2) is 14.6 Å². The standard InChI is InChI=1S/C21H20FN3O2/c22-18-10-8-15(9-11-18)12-13-23-21(27)25-24-20(26)14-17-6-3-5-16-4-1-2-7-19(16)17/h1-11H,12-14H2,(H,24,26)(H2,23,25,27). The van der Waals surface area contributed by atoms with Gasteiger partial charge in [-0.15, -0.1) is 0 Å². The second-order valence-electron chi connectivity index (χ2n) is 6.12. The Morgan fingerprint density at radius 3 is 2.41 bits per heavy atom. The Morgan fingerprint density at radius 1 is 0.852 bits per heavy atom. The van der Waals surface area contributed by atoms with E-state index in [2.05, 4.69) is 16.2 Å². The van der Waals surface area contributed by atoms with E-state index in [1.807, 2.05) is 42.5 Å². The minimum absolute atomic E-state index is 0.164. The molecule has 3 aromatic carbocycles. The Hall–Kier alpha value is -3.41. The first kappa shape index (κ1) is 18.4. The summed E-state index contributed by atoms with van der Waals surface area (Å²) in [6.07, 6.45) is 0.731. The molecule has 27 heavy (non-hydrogen) atoms. The Labute approximate surface area is 156 Å². The normalized spacial score (nSPS) is 10.4. The zero-order valence-corrected chi connectivity index (χ0v) is 14.7. The number of halogens is 1. The summed E-state index contributed by atoms with van der Waals surface area (Å²) in [5, 5.41) is 4.71. The Balaban J connectivity index is 1.43. The van der Waals surface area contributed by atoms with Crippen LogP contribution in [0.5, 0.6) is 0 Å². The monoisotopic (exact) mass is 365 g/mol. The van der Waals surface area contributed by atoms with Crippen molar-refractivity contribution < 1.29 is 14.0 Å². The number of hydrogen-bond acceptors (Lipinski definition) is 2. The van der Waals surface area contributed by atoms with Crippen LogP contribution < -0.4 is 16.2 Å². The smallest absolute Gasteiger partial charge is 0.333 e. The Morgan fingerprint density at radius 2 is 1.59 bits per heavy atom. The highest BCUT2D eigenvalue weighted by atomic mass is 19.1. The van der Waals surface area contributed by atoms with Crippen molar-refractivity contribution in [2.75, 3.05) is 6.54 Å². The zero-order chi connectivity index (χ0) is 19.1. The molecule has 3 rings (SSSR count). The van der Waals surface area contributed by atoms with Crippen molar-refractivity contribution in [2.24, 2.45) is 0 Å². The molecule has 0 unspecified atom stereocenters. The van der Waals surface area contributed by atoms with Crippen molar-refractivity contribution in [1.82, 2.24) is 16.2 Å². The molecule has 5 nitrogen and oxygen atoms in total. The maximum Gasteiger partial charge on any atom is 0.333 e. The maximum atomic E-state index is 12.8. The number of carbonyl (C=O) groups excluding carboxylic acids is 2. The molecule has 0 aromatic heterocycles. The van der Waals surface area contributed by atoms with Crippen molar-refractivity contribution in [2.45, 2.75) is 12.8 Å². The fourth-order valence-electron chi connectivity index (χ4n) is 2.81. The van der Waals surface area contributed by atoms with Crippen LogP contribution in [0, 0.1) is 5.82 Å². The van der Waals surface area contributed by atoms with Gasteiger partial charge in [0.25, 0.3) is 0 Å². The van der Waals surface area contributed by atoms with Crippen molar-refractivity contribution in [3.05, 3.63) is 83.7 Å². The second-order valence-corrected chi connectivity index (χ2v) is 6.12. The molecule has 0 spiro atoms. The van der Waals surface area contributed by atoms with E-state index >= 15 is 0 Å². The van der Waals surface area contributed by atoms with Crippen molar-refractivity contribution >= 4 is 22.7 Å². The summed E-state index contributed by atoms with van der Waals surface area (Å²) in [6, 6.07) is 19.2. The molecule has 0 heterocycles. The fourth-order valence-corrected chi connectivity index (χ4v) is 2.81. The van der Waals surface area contributed by atoms with Gasteiger partial charge >= 0.3 is 6.03 Å². The number of benzene rings is 3. The van der Waals surface area contributed by atoms with Gasteiger partial charge in [0.2, 0.25) is 5.91 Å². The van der Waals surface area contributed by atoms with E-state index in [-0.39, 0.29) is 18.1 Å². The molecule has 138 valence electrons. The first-order valence-corrected chi connectivity index (χ1v) is 8.65. The largest absolute Gasteiger partial charge is 0.336 e. The number of hydrazine groups is 1. The number of hydrogen-bond donors (Lipinski definition) is 3. The predicted octanol–water partition coefficient (Wildman–Crippen LogP) is 3.09. The molecule has 0 aliphatic carbocycles. The lowest BCUT2D eigenvalue weighted by atomic mass is 10.0. The lowest BCUT2D eigenvalue weighted by Crippen LogP contribution is -2.47. The van der Waals surface area contributed by atoms with E-state index in [9.17, 15) is 14.0 Å². The first-order valence-electron chi connectivity index (χ1n) is 8.65. The van der Waals surface area contributed by atoms with E-state index in [0.29, 0.717) is 13.0 Å². The molecule has 0 saturated heterocycles. The summed E-state index contributed by atoms with van der Waals surface area (Å²) in [7, 11) is 0. The molecule has 0 atom stereocenters. The average Bonchev–Trinajstić information content (AvgIpc) is 2.68. The molecule has 0 bridgehead atoms. The summed E-state index contributed by atoms with van der Waals surface area (Å²) in [5.41, 5.74) is 6.54. The van der Waals surface area contributed by atoms with Crippen LogP contribution in [-0.4, -0.2) is 18.5 Å². The van der Waals surface area contributed by atoms with Gasteiger partial charge in [-0.3, -0.25) is 10.2 Å². The topological polar surface area (TPSA) is 70.2 Å². The van der Waals surface area contributed by atoms with E-state index in [4.69, 9.17) is 0 Å². The van der Waals surface area contributed by atoms with Crippen LogP contribution >= 0.6 is 0 Å². The summed E-state index contributed by atoms with van der Waals surface area (Å²) in [5.74, 6) is -0.599. The van der Waals surface area contributed by atoms with E-state index in [0.717, 1.165) is 21.9 Å². The highest BCUT2D eigenvalue weighted by molar-refractivity contribution is 5.90. The number of nitrogens with one attached hydrogen (secondary N) is 3. The van der Waals surface area contributed by atoms with E-state index in [1.165, 1.54) is 12.1 Å². The molecule has 3 amide bonds. The first-order chi connectivity index (χ1) is 13.1. The minimum atomic E-state index is -0.497. The molecule has 0 saturated carbocycles. The third kappa shape index (κ3) is 5.28. The summed E-state index contributed by atoms with van der Waals surface area (Å²) >= 11 is 0. The SMILES string of the molecule is O=C(Cc1cccc2ccccc12)NNC(=O)NCCc1ccc(F)cc1. The van der Waals surface area contributed by atoms with Crippen LogP contribution in [-0.2, 0) is 17.6 Å². The van der Waals surface area contributed by atoms with Crippen molar-refractivity contribution in [3.63, 3.8) is 0 Å². The van der Waals surface area contributed by atoms with E-state index in [1.54, 1.807) is 12.1 Å². The molecule has 0 radical (unpaired) electrons. The van der Waals surface area contributed by atoms with Crippen LogP contribution in [0.3, 0.4) is 0 Å². The van der Waals surface area contributed by atoms with Gasteiger partial charge in [0.1, 0.15) is 5.82 Å². The van der Waals surface area contributed by atoms with Gasteiger partial charge in [0.15, 0.2) is 0 Å². The highest BCUT2D eigenvalue weighted by Crippen LogP contribution is 2.18. The number of rotatable bonds is 5. The molecule has 3 N–H and O–H groups in total. The van der Waals surface area contributed by atoms with Crippen LogP contribution in [0.15, 0.2) is 66.7 Å². The predicted molar refractivity (Wildman–Crippen MR) is 102 cm³/mol. The fraction of sp³-hybridized carbons (Fsp3) is 0.143. The van der Waals surface area contributed by atoms with Gasteiger partial charge in [-0.2, -0.15) is 0 Å². The summed E-state index contributed by atoms with van der Waals surface area (Å²) < 4.78 is 12.8. The van der Waals surface area contributed by atoms with Crippen LogP contribution in [0.1, 0.15) is 11.1 Å². The number of carbonyl (C=O) groups is 2. The molecule has 0 aliphatic rings. The lowest BCUT2D eigenvalue weighted by molar-refractivity contribution is -0.121. The van der Waals surface area contributed by atoms with Crippen LogP contribution in [0.2, 0.25) is 0 Å². The molecule has 6 heteroatoms. The maximum absolute atomic E-state index is 12.8. The van der Waals surface area contributed by atoms with Gasteiger partial charge in [0, 0.05) is 6.54 Å². The molecular formula is C21H20FN3O2. The quantitative estimate of drug-likeness (QED) is 0.608. The van der Waals surface area contributed by atoms with Crippen molar-refractivity contribution in [3.8, 4) is 0 Å². The van der Waals surface area contributed by atoms with Crippen LogP contribution in [0.25, 0.3) is 10.8 Å². The Kier molecular flexibility index (Phi) is 5.99. The summed E-state index contributed by atoms with van der Waals surface area (Å²) in [6.45, 7) is 0.372. The molecule has 3 aromatic rings. The number of amides is 3. The molecule has 0 fully saturated rings. The highest BCUT2D eigenvalue weighted by Gasteiger charge is 2.08. The molecule has 0 aliphatic heterocycles. The van der Waals surface area contributed by atoms with Gasteiger partial charge < -0.3 is 5.32 Å². The Bertz CT molecular complexity index is 936. The van der Waals surface area contributed by atoms with Gasteiger partial charge in [-0.1, -0.05) is 54.6 Å². The van der Waals surface area contributed by atoms with Gasteiger partial charge in [-0.05, 0) is 40.5 Å². The van der Waals surface area contributed by atoms with Crippen molar-refractivity contribution in [1.29, 1.82) is 0 Å². The molecular weight excluding hydrogens is 345 g/mol. The third-order valence-electron chi connectivity index (χ3n) is 4.16.